The molecule has 0 spiro atoms. The summed E-state index contributed by atoms with van der Waals surface area (Å²) in [5, 5.41) is 3.62. The number of nitrogens with one attached hydrogen (secondary N) is 1. The Bertz CT molecular complexity index is 750. The van der Waals surface area contributed by atoms with Crippen LogP contribution in [0.5, 0.6) is 0 Å². The molecule has 0 atom stereocenters. The van der Waals surface area contributed by atoms with Crippen LogP contribution in [0.1, 0.15) is 37.8 Å². The third-order valence-electron chi connectivity index (χ3n) is 5.55. The number of aromatic nitrogens is 2. The van der Waals surface area contributed by atoms with Crippen LogP contribution in [-0.2, 0) is 0 Å². The van der Waals surface area contributed by atoms with Gasteiger partial charge in [0.25, 0.3) is 0 Å². The number of rotatable bonds is 4. The number of piperazine rings is 1. The third-order valence-corrected chi connectivity index (χ3v) is 5.55. The van der Waals surface area contributed by atoms with Gasteiger partial charge >= 0.3 is 0 Å². The van der Waals surface area contributed by atoms with Crippen molar-refractivity contribution in [3.8, 4) is 0 Å². The molecule has 2 aromatic rings. The molecule has 144 valence electrons. The fourth-order valence-electron chi connectivity index (χ4n) is 4.04. The van der Waals surface area contributed by atoms with Crippen LogP contribution in [0.2, 0.25) is 0 Å². The highest BCUT2D eigenvalue weighted by Gasteiger charge is 2.21. The lowest BCUT2D eigenvalue weighted by Crippen LogP contribution is -2.47. The summed E-state index contributed by atoms with van der Waals surface area (Å²) in [6.07, 6.45) is 6.42. The SMILES string of the molecule is Cc1cc(NC2CCCCC2)nc(N2CCN(c3ccc(F)cc3)CC2)n1. The van der Waals surface area contributed by atoms with Gasteiger partial charge in [0.15, 0.2) is 0 Å². The lowest BCUT2D eigenvalue weighted by atomic mass is 9.95. The summed E-state index contributed by atoms with van der Waals surface area (Å²) in [6.45, 7) is 5.53. The number of halogens is 1. The molecule has 2 aliphatic rings. The van der Waals surface area contributed by atoms with E-state index in [9.17, 15) is 4.39 Å². The van der Waals surface area contributed by atoms with Crippen LogP contribution in [-0.4, -0.2) is 42.2 Å². The maximum absolute atomic E-state index is 13.1. The second-order valence-electron chi connectivity index (χ2n) is 7.62. The molecule has 0 amide bonds. The number of aryl methyl sites for hydroxylation is 1. The molecule has 1 saturated heterocycles. The average Bonchev–Trinajstić information content (AvgIpc) is 2.69. The van der Waals surface area contributed by atoms with Gasteiger partial charge in [-0.3, -0.25) is 0 Å². The molecule has 27 heavy (non-hydrogen) atoms. The Hall–Kier alpha value is -2.37. The maximum atomic E-state index is 13.1. The molecule has 1 aliphatic heterocycles. The largest absolute Gasteiger partial charge is 0.368 e. The summed E-state index contributed by atoms with van der Waals surface area (Å²) in [4.78, 5) is 14.0. The van der Waals surface area contributed by atoms with E-state index in [-0.39, 0.29) is 5.82 Å². The van der Waals surface area contributed by atoms with Crippen molar-refractivity contribution < 1.29 is 4.39 Å². The van der Waals surface area contributed by atoms with Crippen molar-refractivity contribution in [3.05, 3.63) is 41.8 Å². The van der Waals surface area contributed by atoms with Crippen LogP contribution in [0.15, 0.2) is 30.3 Å². The molecule has 1 saturated carbocycles. The zero-order valence-corrected chi connectivity index (χ0v) is 16.0. The normalized spacial score (nSPS) is 18.6. The van der Waals surface area contributed by atoms with Crippen LogP contribution >= 0.6 is 0 Å². The average molecular weight is 369 g/mol. The van der Waals surface area contributed by atoms with Gasteiger partial charge in [0.1, 0.15) is 11.6 Å². The Kier molecular flexibility index (Phi) is 5.41. The van der Waals surface area contributed by atoms with Gasteiger partial charge in [-0.2, -0.15) is 4.98 Å². The predicted molar refractivity (Wildman–Crippen MR) is 108 cm³/mol. The number of hydrogen-bond acceptors (Lipinski definition) is 5. The Labute approximate surface area is 160 Å². The van der Waals surface area contributed by atoms with Gasteiger partial charge in [0.05, 0.1) is 0 Å². The minimum atomic E-state index is -0.191. The molecule has 5 nitrogen and oxygen atoms in total. The first-order valence-corrected chi connectivity index (χ1v) is 10.0. The zero-order valence-electron chi connectivity index (χ0n) is 16.0. The van der Waals surface area contributed by atoms with Crippen LogP contribution in [0.4, 0.5) is 21.8 Å². The van der Waals surface area contributed by atoms with E-state index in [0.717, 1.165) is 49.3 Å². The fourth-order valence-corrected chi connectivity index (χ4v) is 4.04. The van der Waals surface area contributed by atoms with Crippen LogP contribution in [0.3, 0.4) is 0 Å². The second-order valence-corrected chi connectivity index (χ2v) is 7.62. The van der Waals surface area contributed by atoms with Crippen molar-refractivity contribution in [1.82, 2.24) is 9.97 Å². The van der Waals surface area contributed by atoms with Gasteiger partial charge in [-0.05, 0) is 44.0 Å². The van der Waals surface area contributed by atoms with E-state index in [2.05, 4.69) is 20.1 Å². The van der Waals surface area contributed by atoms with Gasteiger partial charge in [-0.25, -0.2) is 9.37 Å². The summed E-state index contributed by atoms with van der Waals surface area (Å²) >= 11 is 0. The molecule has 4 rings (SSSR count). The molecule has 1 aliphatic carbocycles. The number of hydrogen-bond donors (Lipinski definition) is 1. The number of benzene rings is 1. The van der Waals surface area contributed by atoms with Crippen LogP contribution in [0.25, 0.3) is 0 Å². The van der Waals surface area contributed by atoms with Crippen molar-refractivity contribution >= 4 is 17.5 Å². The lowest BCUT2D eigenvalue weighted by molar-refractivity contribution is 0.461. The van der Waals surface area contributed by atoms with E-state index >= 15 is 0 Å². The van der Waals surface area contributed by atoms with Crippen molar-refractivity contribution in [1.29, 1.82) is 0 Å². The summed E-state index contributed by atoms with van der Waals surface area (Å²) in [6, 6.07) is 9.33. The van der Waals surface area contributed by atoms with Crippen molar-refractivity contribution in [3.63, 3.8) is 0 Å². The highest BCUT2D eigenvalue weighted by molar-refractivity contribution is 5.50. The first-order chi connectivity index (χ1) is 13.2. The Balaban J connectivity index is 1.40. The Morgan fingerprint density at radius 3 is 2.30 bits per heavy atom. The van der Waals surface area contributed by atoms with Crippen molar-refractivity contribution in [2.75, 3.05) is 41.3 Å². The molecule has 6 heteroatoms. The van der Waals surface area contributed by atoms with Gasteiger partial charge in [0.2, 0.25) is 5.95 Å². The molecular formula is C21H28FN5. The van der Waals surface area contributed by atoms with E-state index in [1.54, 1.807) is 0 Å². The molecule has 1 aromatic heterocycles. The van der Waals surface area contributed by atoms with Gasteiger partial charge in [0, 0.05) is 49.7 Å². The predicted octanol–water partition coefficient (Wildman–Crippen LogP) is 4.00. The van der Waals surface area contributed by atoms with Crippen molar-refractivity contribution in [2.24, 2.45) is 0 Å². The molecule has 0 radical (unpaired) electrons. The quantitative estimate of drug-likeness (QED) is 0.883. The monoisotopic (exact) mass is 369 g/mol. The molecule has 0 bridgehead atoms. The first kappa shape index (κ1) is 18.0. The van der Waals surface area contributed by atoms with E-state index in [1.165, 1.54) is 44.2 Å². The summed E-state index contributed by atoms with van der Waals surface area (Å²) < 4.78 is 13.1. The highest BCUT2D eigenvalue weighted by atomic mass is 19.1. The first-order valence-electron chi connectivity index (χ1n) is 10.0. The highest BCUT2D eigenvalue weighted by Crippen LogP contribution is 2.23. The molecule has 1 aromatic carbocycles. The van der Waals surface area contributed by atoms with Crippen LogP contribution < -0.4 is 15.1 Å². The van der Waals surface area contributed by atoms with Gasteiger partial charge in [-0.15, -0.1) is 0 Å². The maximum Gasteiger partial charge on any atom is 0.227 e. The van der Waals surface area contributed by atoms with Crippen molar-refractivity contribution in [2.45, 2.75) is 45.1 Å². The van der Waals surface area contributed by atoms with E-state index in [0.29, 0.717) is 6.04 Å². The standard InChI is InChI=1S/C21H28FN5/c1-16-15-20(24-18-5-3-2-4-6-18)25-21(23-16)27-13-11-26(12-14-27)19-9-7-17(22)8-10-19/h7-10,15,18H,2-6,11-14H2,1H3,(H,23,24,25). The molecule has 2 fully saturated rings. The Morgan fingerprint density at radius 1 is 0.926 bits per heavy atom. The topological polar surface area (TPSA) is 44.3 Å². The third kappa shape index (κ3) is 4.49. The zero-order chi connectivity index (χ0) is 18.6. The Morgan fingerprint density at radius 2 is 1.59 bits per heavy atom. The molecular weight excluding hydrogens is 341 g/mol. The molecule has 0 unspecified atom stereocenters. The number of nitrogens with zero attached hydrogens (tertiary/aromatic N) is 4. The number of anilines is 3. The summed E-state index contributed by atoms with van der Waals surface area (Å²) in [5.74, 6) is 1.57. The van der Waals surface area contributed by atoms with E-state index < -0.39 is 0 Å². The lowest BCUT2D eigenvalue weighted by Gasteiger charge is -2.36. The molecule has 1 N–H and O–H groups in total. The van der Waals surface area contributed by atoms with E-state index in [4.69, 9.17) is 4.98 Å². The molecule has 2 heterocycles. The van der Waals surface area contributed by atoms with Crippen LogP contribution in [0, 0.1) is 12.7 Å². The minimum absolute atomic E-state index is 0.191. The smallest absolute Gasteiger partial charge is 0.227 e. The summed E-state index contributed by atoms with van der Waals surface area (Å²) in [5.41, 5.74) is 2.07. The minimum Gasteiger partial charge on any atom is -0.368 e. The fraction of sp³-hybridized carbons (Fsp3) is 0.524. The van der Waals surface area contributed by atoms with E-state index in [1.807, 2.05) is 25.1 Å². The summed E-state index contributed by atoms with van der Waals surface area (Å²) in [7, 11) is 0. The second kappa shape index (κ2) is 8.11. The van der Waals surface area contributed by atoms with Gasteiger partial charge in [-0.1, -0.05) is 19.3 Å². The van der Waals surface area contributed by atoms with Gasteiger partial charge < -0.3 is 15.1 Å².